The first kappa shape index (κ1) is 13.0. The Morgan fingerprint density at radius 3 is 2.80 bits per heavy atom. The van der Waals surface area contributed by atoms with Crippen LogP contribution in [0.15, 0.2) is 24.3 Å². The fourth-order valence-corrected chi connectivity index (χ4v) is 2.39. The van der Waals surface area contributed by atoms with Crippen molar-refractivity contribution < 1.29 is 9.47 Å². The largest absolute Gasteiger partial charge is 0.490 e. The van der Waals surface area contributed by atoms with Crippen molar-refractivity contribution in [1.82, 2.24) is 9.78 Å². The number of ether oxygens (including phenoxy) is 2. The molecule has 5 nitrogen and oxygen atoms in total. The van der Waals surface area contributed by atoms with E-state index in [2.05, 4.69) is 11.2 Å². The molecule has 0 aliphatic carbocycles. The molecular formula is C15H19N3O2. The predicted octanol–water partition coefficient (Wildman–Crippen LogP) is 1.75. The smallest absolute Gasteiger partial charge is 0.161 e. The van der Waals surface area contributed by atoms with Gasteiger partial charge in [0, 0.05) is 25.5 Å². The molecule has 1 aliphatic rings. The highest BCUT2D eigenvalue weighted by molar-refractivity contribution is 5.64. The lowest BCUT2D eigenvalue weighted by Crippen LogP contribution is -2.03. The molecule has 1 aromatic carbocycles. The second-order valence-electron chi connectivity index (χ2n) is 4.90. The zero-order chi connectivity index (χ0) is 13.9. The van der Waals surface area contributed by atoms with E-state index in [1.807, 2.05) is 29.9 Å². The van der Waals surface area contributed by atoms with Crippen molar-refractivity contribution in [3.05, 3.63) is 30.0 Å². The molecular weight excluding hydrogens is 254 g/mol. The third-order valence-electron chi connectivity index (χ3n) is 3.37. The van der Waals surface area contributed by atoms with Gasteiger partial charge < -0.3 is 15.2 Å². The van der Waals surface area contributed by atoms with Gasteiger partial charge >= 0.3 is 0 Å². The van der Waals surface area contributed by atoms with E-state index in [0.29, 0.717) is 19.8 Å². The Morgan fingerprint density at radius 2 is 2.00 bits per heavy atom. The van der Waals surface area contributed by atoms with Crippen molar-refractivity contribution in [2.24, 2.45) is 12.8 Å². The van der Waals surface area contributed by atoms with Gasteiger partial charge in [-0.1, -0.05) is 0 Å². The van der Waals surface area contributed by atoms with Gasteiger partial charge in [-0.25, -0.2) is 0 Å². The number of aromatic nitrogens is 2. The van der Waals surface area contributed by atoms with E-state index < -0.39 is 0 Å². The lowest BCUT2D eigenvalue weighted by molar-refractivity contribution is 0.297. The predicted molar refractivity (Wildman–Crippen MR) is 77.0 cm³/mol. The van der Waals surface area contributed by atoms with Gasteiger partial charge in [0.25, 0.3) is 0 Å². The number of aryl methyl sites for hydroxylation is 1. The van der Waals surface area contributed by atoms with E-state index in [-0.39, 0.29) is 0 Å². The molecule has 0 unspecified atom stereocenters. The van der Waals surface area contributed by atoms with E-state index in [1.54, 1.807) is 0 Å². The van der Waals surface area contributed by atoms with Gasteiger partial charge in [0.2, 0.25) is 0 Å². The Balaban J connectivity index is 1.96. The summed E-state index contributed by atoms with van der Waals surface area (Å²) in [5.41, 5.74) is 8.73. The molecule has 0 saturated carbocycles. The van der Waals surface area contributed by atoms with Crippen LogP contribution in [0.4, 0.5) is 0 Å². The van der Waals surface area contributed by atoms with Gasteiger partial charge in [-0.05, 0) is 30.8 Å². The summed E-state index contributed by atoms with van der Waals surface area (Å²) in [6, 6.07) is 8.10. The van der Waals surface area contributed by atoms with Crippen LogP contribution in [0.1, 0.15) is 12.1 Å². The Labute approximate surface area is 118 Å². The summed E-state index contributed by atoms with van der Waals surface area (Å²) in [4.78, 5) is 0. The zero-order valence-corrected chi connectivity index (χ0v) is 11.6. The zero-order valence-electron chi connectivity index (χ0n) is 11.6. The first-order valence-corrected chi connectivity index (χ1v) is 6.91. The number of nitrogens with zero attached hydrogens (tertiary/aromatic N) is 2. The molecule has 2 N–H and O–H groups in total. The van der Waals surface area contributed by atoms with Crippen molar-refractivity contribution in [1.29, 1.82) is 0 Å². The summed E-state index contributed by atoms with van der Waals surface area (Å²) < 4.78 is 13.3. The average Bonchev–Trinajstić information content (AvgIpc) is 2.68. The van der Waals surface area contributed by atoms with Gasteiger partial charge in [0.1, 0.15) is 0 Å². The molecule has 20 heavy (non-hydrogen) atoms. The summed E-state index contributed by atoms with van der Waals surface area (Å²) >= 11 is 0. The maximum atomic E-state index is 5.73. The minimum absolute atomic E-state index is 0.609. The molecule has 0 amide bonds. The highest BCUT2D eigenvalue weighted by Crippen LogP contribution is 2.34. The Morgan fingerprint density at radius 1 is 1.20 bits per heavy atom. The fourth-order valence-electron chi connectivity index (χ4n) is 2.39. The average molecular weight is 273 g/mol. The van der Waals surface area contributed by atoms with Gasteiger partial charge in [0.15, 0.2) is 11.5 Å². The summed E-state index contributed by atoms with van der Waals surface area (Å²) in [7, 11) is 1.94. The number of rotatable bonds is 3. The van der Waals surface area contributed by atoms with Crippen LogP contribution in [-0.4, -0.2) is 29.5 Å². The summed E-state index contributed by atoms with van der Waals surface area (Å²) in [5.74, 6) is 1.62. The first-order valence-electron chi connectivity index (χ1n) is 6.91. The van der Waals surface area contributed by atoms with Crippen LogP contribution in [0.3, 0.4) is 0 Å². The highest BCUT2D eigenvalue weighted by Gasteiger charge is 2.13. The standard InChI is InChI=1S/C15H19N3O2/c1-18-13(10-12(17-18)5-6-16)11-3-4-14-15(9-11)20-8-2-7-19-14/h3-4,9-10H,2,5-8,16H2,1H3. The molecule has 1 aromatic heterocycles. The van der Waals surface area contributed by atoms with Crippen molar-refractivity contribution in [3.63, 3.8) is 0 Å². The molecule has 0 bridgehead atoms. The Kier molecular flexibility index (Phi) is 3.60. The monoisotopic (exact) mass is 273 g/mol. The Bertz CT molecular complexity index is 607. The molecule has 0 radical (unpaired) electrons. The number of benzene rings is 1. The lowest BCUT2D eigenvalue weighted by atomic mass is 10.1. The van der Waals surface area contributed by atoms with Crippen LogP contribution < -0.4 is 15.2 Å². The number of hydrogen-bond donors (Lipinski definition) is 1. The van der Waals surface area contributed by atoms with Crippen LogP contribution in [0.2, 0.25) is 0 Å². The highest BCUT2D eigenvalue weighted by atomic mass is 16.5. The second kappa shape index (κ2) is 5.54. The first-order chi connectivity index (χ1) is 9.78. The van der Waals surface area contributed by atoms with Crippen molar-refractivity contribution in [2.75, 3.05) is 19.8 Å². The molecule has 3 rings (SSSR count). The molecule has 1 aliphatic heterocycles. The maximum absolute atomic E-state index is 5.73. The number of nitrogens with two attached hydrogens (primary N) is 1. The van der Waals surface area contributed by atoms with E-state index in [9.17, 15) is 0 Å². The topological polar surface area (TPSA) is 62.3 Å². The number of fused-ring (bicyclic) bond motifs is 1. The Hall–Kier alpha value is -2.01. The van der Waals surface area contributed by atoms with Gasteiger partial charge in [-0.15, -0.1) is 0 Å². The molecule has 106 valence electrons. The molecule has 0 atom stereocenters. The van der Waals surface area contributed by atoms with Crippen LogP contribution >= 0.6 is 0 Å². The molecule has 2 aromatic rings. The molecule has 0 fully saturated rings. The third kappa shape index (κ3) is 2.49. The maximum Gasteiger partial charge on any atom is 0.161 e. The van der Waals surface area contributed by atoms with Gasteiger partial charge in [0.05, 0.1) is 24.6 Å². The van der Waals surface area contributed by atoms with Crippen LogP contribution in [-0.2, 0) is 13.5 Å². The van der Waals surface area contributed by atoms with Crippen LogP contribution in [0.5, 0.6) is 11.5 Å². The van der Waals surface area contributed by atoms with E-state index in [1.165, 1.54) is 0 Å². The molecule has 2 heterocycles. The summed E-state index contributed by atoms with van der Waals surface area (Å²) in [6.45, 7) is 2.01. The minimum Gasteiger partial charge on any atom is -0.490 e. The molecule has 5 heteroatoms. The van der Waals surface area contributed by atoms with Crippen molar-refractivity contribution >= 4 is 0 Å². The van der Waals surface area contributed by atoms with E-state index in [0.717, 1.165) is 41.3 Å². The third-order valence-corrected chi connectivity index (χ3v) is 3.37. The SMILES string of the molecule is Cn1nc(CCN)cc1-c1ccc2c(c1)OCCCO2. The van der Waals surface area contributed by atoms with Gasteiger partial charge in [-0.2, -0.15) is 5.10 Å². The normalized spacial score (nSPS) is 14.1. The van der Waals surface area contributed by atoms with Crippen LogP contribution in [0.25, 0.3) is 11.3 Å². The molecule has 0 spiro atoms. The van der Waals surface area contributed by atoms with Gasteiger partial charge in [-0.3, -0.25) is 4.68 Å². The lowest BCUT2D eigenvalue weighted by Gasteiger charge is -2.09. The second-order valence-corrected chi connectivity index (χ2v) is 4.90. The fraction of sp³-hybridized carbons (Fsp3) is 0.400. The summed E-state index contributed by atoms with van der Waals surface area (Å²) in [5, 5.41) is 4.47. The van der Waals surface area contributed by atoms with E-state index in [4.69, 9.17) is 15.2 Å². The molecule has 0 saturated heterocycles. The minimum atomic E-state index is 0.609. The van der Waals surface area contributed by atoms with Crippen LogP contribution in [0, 0.1) is 0 Å². The quantitative estimate of drug-likeness (QED) is 0.925. The summed E-state index contributed by atoms with van der Waals surface area (Å²) in [6.07, 6.45) is 1.70. The van der Waals surface area contributed by atoms with Crippen molar-refractivity contribution in [3.8, 4) is 22.8 Å². The van der Waals surface area contributed by atoms with E-state index >= 15 is 0 Å². The number of hydrogen-bond acceptors (Lipinski definition) is 4. The van der Waals surface area contributed by atoms with Crippen molar-refractivity contribution in [2.45, 2.75) is 12.8 Å².